The zero-order valence-electron chi connectivity index (χ0n) is 22.1. The van der Waals surface area contributed by atoms with Crippen molar-refractivity contribution in [3.63, 3.8) is 0 Å². The van der Waals surface area contributed by atoms with Gasteiger partial charge >= 0.3 is 0 Å². The second-order valence-corrected chi connectivity index (χ2v) is 11.6. The van der Waals surface area contributed by atoms with Gasteiger partial charge in [-0.05, 0) is 55.9 Å². The van der Waals surface area contributed by atoms with Gasteiger partial charge in [0.15, 0.2) is 0 Å². The van der Waals surface area contributed by atoms with Crippen LogP contribution < -0.4 is 16.0 Å². The minimum atomic E-state index is -0.631. The predicted octanol–water partition coefficient (Wildman–Crippen LogP) is 6.27. The van der Waals surface area contributed by atoms with Crippen molar-refractivity contribution in [2.75, 3.05) is 16.9 Å². The SMILES string of the molecule is CSc1nn2c(c1C(=O)NC1CCCCC1)NC(C)=C(C(=O)Nc1ccc([N+](=O)[O-])cc1)C2c1cccc(Br)c1. The monoisotopic (exact) mass is 624 g/mol. The average Bonchev–Trinajstić information content (AvgIpc) is 3.31. The number of hydrogen-bond acceptors (Lipinski definition) is 7. The summed E-state index contributed by atoms with van der Waals surface area (Å²) >= 11 is 4.92. The largest absolute Gasteiger partial charge is 0.349 e. The molecule has 5 rings (SSSR count). The number of non-ortho nitro benzene ring substituents is 1. The number of rotatable bonds is 7. The van der Waals surface area contributed by atoms with E-state index in [1.54, 1.807) is 11.6 Å². The summed E-state index contributed by atoms with van der Waals surface area (Å²) < 4.78 is 2.55. The van der Waals surface area contributed by atoms with E-state index < -0.39 is 11.0 Å². The molecule has 1 saturated carbocycles. The zero-order valence-corrected chi connectivity index (χ0v) is 24.5. The van der Waals surface area contributed by atoms with Crippen LogP contribution in [-0.4, -0.2) is 38.8 Å². The fraction of sp³-hybridized carbons (Fsp3) is 0.321. The van der Waals surface area contributed by atoms with Crippen LogP contribution in [0.2, 0.25) is 0 Å². The van der Waals surface area contributed by atoms with E-state index in [2.05, 4.69) is 31.9 Å². The maximum Gasteiger partial charge on any atom is 0.269 e. The molecule has 1 aliphatic carbocycles. The Bertz CT molecular complexity index is 1500. The van der Waals surface area contributed by atoms with Crippen molar-refractivity contribution in [2.24, 2.45) is 0 Å². The normalized spacial score (nSPS) is 17.1. The van der Waals surface area contributed by atoms with Gasteiger partial charge in [-0.2, -0.15) is 5.10 Å². The molecule has 12 heteroatoms. The molecule has 40 heavy (non-hydrogen) atoms. The Labute approximate surface area is 244 Å². The van der Waals surface area contributed by atoms with Gasteiger partial charge in [0.25, 0.3) is 17.5 Å². The molecule has 1 aliphatic heterocycles. The highest BCUT2D eigenvalue weighted by Crippen LogP contribution is 2.41. The maximum absolute atomic E-state index is 13.8. The number of hydrogen-bond donors (Lipinski definition) is 3. The number of thioether (sulfide) groups is 1. The standard InChI is InChI=1S/C28H29BrN6O4S/c1-16-22(26(36)32-20-11-13-21(14-12-20)35(38)39)24(17-7-6-8-18(29)15-17)34-25(30-16)23(28(33-34)40-2)27(37)31-19-9-4-3-5-10-19/h6-8,11-15,19,24,30H,3-5,9-10H2,1-2H3,(H,31,37)(H,32,36). The van der Waals surface area contributed by atoms with E-state index in [0.29, 0.717) is 33.4 Å². The first-order valence-corrected chi connectivity index (χ1v) is 15.0. The average molecular weight is 626 g/mol. The first-order valence-electron chi connectivity index (χ1n) is 13.0. The Morgan fingerprint density at radius 1 is 1.12 bits per heavy atom. The lowest BCUT2D eigenvalue weighted by Gasteiger charge is -2.30. The summed E-state index contributed by atoms with van der Waals surface area (Å²) in [7, 11) is 0. The van der Waals surface area contributed by atoms with Crippen LogP contribution >= 0.6 is 27.7 Å². The fourth-order valence-electron chi connectivity index (χ4n) is 5.29. The van der Waals surface area contributed by atoms with Gasteiger partial charge in [-0.25, -0.2) is 4.68 Å². The van der Waals surface area contributed by atoms with Gasteiger partial charge in [-0.1, -0.05) is 47.3 Å². The quantitative estimate of drug-likeness (QED) is 0.160. The molecule has 2 aromatic carbocycles. The van der Waals surface area contributed by atoms with Crippen LogP contribution in [0.5, 0.6) is 0 Å². The number of nitrogens with one attached hydrogen (secondary N) is 3. The van der Waals surface area contributed by atoms with Crippen molar-refractivity contribution in [1.82, 2.24) is 15.1 Å². The molecule has 2 aliphatic rings. The van der Waals surface area contributed by atoms with Crippen LogP contribution in [0.1, 0.15) is 61.0 Å². The molecule has 3 N–H and O–H groups in total. The molecule has 208 valence electrons. The molecular formula is C28H29BrN6O4S. The van der Waals surface area contributed by atoms with Crippen LogP contribution in [0, 0.1) is 10.1 Å². The number of carbonyl (C=O) groups excluding carboxylic acids is 2. The van der Waals surface area contributed by atoms with E-state index in [-0.39, 0.29) is 23.5 Å². The number of carbonyl (C=O) groups is 2. The third-order valence-electron chi connectivity index (χ3n) is 7.21. The van der Waals surface area contributed by atoms with Gasteiger partial charge in [-0.15, -0.1) is 11.8 Å². The fourth-order valence-corrected chi connectivity index (χ4v) is 6.27. The third kappa shape index (κ3) is 5.64. The van der Waals surface area contributed by atoms with Gasteiger partial charge in [0.2, 0.25) is 0 Å². The van der Waals surface area contributed by atoms with Crippen molar-refractivity contribution in [3.05, 3.63) is 85.5 Å². The molecule has 0 saturated heterocycles. The predicted molar refractivity (Wildman–Crippen MR) is 159 cm³/mol. The molecule has 3 aromatic rings. The third-order valence-corrected chi connectivity index (χ3v) is 8.38. The van der Waals surface area contributed by atoms with Gasteiger partial charge in [-0.3, -0.25) is 19.7 Å². The lowest BCUT2D eigenvalue weighted by Crippen LogP contribution is -2.37. The van der Waals surface area contributed by atoms with Gasteiger partial charge < -0.3 is 16.0 Å². The highest BCUT2D eigenvalue weighted by molar-refractivity contribution is 9.10. The number of allylic oxidation sites excluding steroid dienone is 1. The van der Waals surface area contributed by atoms with Crippen LogP contribution in [0.3, 0.4) is 0 Å². The molecule has 2 heterocycles. The van der Waals surface area contributed by atoms with Crippen molar-refractivity contribution in [2.45, 2.75) is 56.1 Å². The number of benzene rings is 2. The van der Waals surface area contributed by atoms with E-state index in [9.17, 15) is 19.7 Å². The number of amides is 2. The molecule has 1 unspecified atom stereocenters. The smallest absolute Gasteiger partial charge is 0.269 e. The number of anilines is 2. The summed E-state index contributed by atoms with van der Waals surface area (Å²) in [4.78, 5) is 37.9. The van der Waals surface area contributed by atoms with E-state index in [1.165, 1.54) is 42.4 Å². The Kier molecular flexibility index (Phi) is 8.27. The number of fused-ring (bicyclic) bond motifs is 1. The van der Waals surface area contributed by atoms with Crippen LogP contribution in [0.15, 0.2) is 69.3 Å². The van der Waals surface area contributed by atoms with Crippen LogP contribution in [0.4, 0.5) is 17.2 Å². The Morgan fingerprint density at radius 3 is 2.50 bits per heavy atom. The molecule has 10 nitrogen and oxygen atoms in total. The molecule has 1 atom stereocenters. The highest BCUT2D eigenvalue weighted by atomic mass is 79.9. The first-order chi connectivity index (χ1) is 19.3. The molecule has 0 spiro atoms. The van der Waals surface area contributed by atoms with E-state index >= 15 is 0 Å². The van der Waals surface area contributed by atoms with Crippen LogP contribution in [0.25, 0.3) is 0 Å². The summed E-state index contributed by atoms with van der Waals surface area (Å²) in [5.74, 6) is -0.0273. The second kappa shape index (κ2) is 11.8. The van der Waals surface area contributed by atoms with Crippen molar-refractivity contribution >= 4 is 56.7 Å². The number of nitrogens with zero attached hydrogens (tertiary/aromatic N) is 3. The molecule has 0 radical (unpaired) electrons. The Balaban J connectivity index is 1.55. The molecule has 1 fully saturated rings. The minimum Gasteiger partial charge on any atom is -0.349 e. The topological polar surface area (TPSA) is 131 Å². The van der Waals surface area contributed by atoms with Crippen LogP contribution in [-0.2, 0) is 4.79 Å². The molecular weight excluding hydrogens is 596 g/mol. The molecule has 1 aromatic heterocycles. The highest BCUT2D eigenvalue weighted by Gasteiger charge is 2.37. The zero-order chi connectivity index (χ0) is 28.4. The second-order valence-electron chi connectivity index (χ2n) is 9.87. The van der Waals surface area contributed by atoms with Gasteiger partial charge in [0.05, 0.1) is 10.5 Å². The van der Waals surface area contributed by atoms with Gasteiger partial charge in [0, 0.05) is 34.0 Å². The lowest BCUT2D eigenvalue weighted by atomic mass is 9.94. The summed E-state index contributed by atoms with van der Waals surface area (Å²) in [6.45, 7) is 1.80. The van der Waals surface area contributed by atoms with Gasteiger partial charge in [0.1, 0.15) is 22.4 Å². The minimum absolute atomic E-state index is 0.0652. The molecule has 0 bridgehead atoms. The Morgan fingerprint density at radius 2 is 1.85 bits per heavy atom. The summed E-state index contributed by atoms with van der Waals surface area (Å²) in [6, 6.07) is 12.8. The van der Waals surface area contributed by atoms with Crippen molar-refractivity contribution < 1.29 is 14.5 Å². The lowest BCUT2D eigenvalue weighted by molar-refractivity contribution is -0.384. The number of nitro groups is 1. The number of nitro benzene ring substituents is 1. The Hall–Kier alpha value is -3.64. The van der Waals surface area contributed by atoms with E-state index in [0.717, 1.165) is 35.7 Å². The molecule has 2 amide bonds. The van der Waals surface area contributed by atoms with Crippen molar-refractivity contribution in [3.8, 4) is 0 Å². The summed E-state index contributed by atoms with van der Waals surface area (Å²) in [6.07, 6.45) is 7.20. The van der Waals surface area contributed by atoms with E-state index in [1.807, 2.05) is 30.5 Å². The maximum atomic E-state index is 13.8. The summed E-state index contributed by atoms with van der Waals surface area (Å²) in [5, 5.41) is 25.8. The summed E-state index contributed by atoms with van der Waals surface area (Å²) in [5.41, 5.74) is 2.62. The van der Waals surface area contributed by atoms with Crippen molar-refractivity contribution in [1.29, 1.82) is 0 Å². The first kappa shape index (κ1) is 27.9. The number of halogens is 1. The van der Waals surface area contributed by atoms with E-state index in [4.69, 9.17) is 5.10 Å². The number of aromatic nitrogens is 2.